The maximum absolute atomic E-state index is 12.4. The van der Waals surface area contributed by atoms with Crippen molar-refractivity contribution in [3.63, 3.8) is 0 Å². The molecule has 1 fully saturated rings. The first-order valence-corrected chi connectivity index (χ1v) is 6.54. The van der Waals surface area contributed by atoms with E-state index in [1.165, 1.54) is 4.90 Å². The van der Waals surface area contributed by atoms with E-state index in [9.17, 15) is 4.79 Å². The molecule has 1 saturated heterocycles. The number of nitriles is 1. The third-order valence-corrected chi connectivity index (χ3v) is 3.52. The fourth-order valence-electron chi connectivity index (χ4n) is 1.77. The van der Waals surface area contributed by atoms with E-state index in [0.717, 1.165) is 4.47 Å². The number of hydrogen-bond acceptors (Lipinski definition) is 3. The van der Waals surface area contributed by atoms with Crippen molar-refractivity contribution in [2.75, 3.05) is 19.8 Å². The summed E-state index contributed by atoms with van der Waals surface area (Å²) >= 11 is 9.32. The van der Waals surface area contributed by atoms with Crippen LogP contribution in [0.5, 0.6) is 0 Å². The van der Waals surface area contributed by atoms with Gasteiger partial charge < -0.3 is 9.64 Å². The molecular weight excluding hydrogens is 320 g/mol. The lowest BCUT2D eigenvalue weighted by molar-refractivity contribution is 0.0132. The van der Waals surface area contributed by atoms with E-state index in [4.69, 9.17) is 21.6 Å². The van der Waals surface area contributed by atoms with Gasteiger partial charge in [-0.25, -0.2) is 0 Å². The Morgan fingerprint density at radius 3 is 3.11 bits per heavy atom. The third-order valence-electron chi connectivity index (χ3n) is 2.70. The molecule has 1 amide bonds. The number of morpholine rings is 1. The van der Waals surface area contributed by atoms with Crippen molar-refractivity contribution in [3.8, 4) is 6.07 Å². The molecule has 6 heteroatoms. The van der Waals surface area contributed by atoms with Crippen molar-refractivity contribution in [2.24, 2.45) is 0 Å². The number of halogens is 2. The predicted octanol–water partition coefficient (Wildman–Crippen LogP) is 2.47. The largest absolute Gasteiger partial charge is 0.376 e. The van der Waals surface area contributed by atoms with Crippen LogP contribution in [0.4, 0.5) is 0 Å². The molecule has 1 unspecified atom stereocenters. The second-order valence-electron chi connectivity index (χ2n) is 3.84. The first kappa shape index (κ1) is 13.3. The molecule has 1 aromatic carbocycles. The number of hydrogen-bond donors (Lipinski definition) is 0. The number of ether oxygens (including phenoxy) is 1. The van der Waals surface area contributed by atoms with Gasteiger partial charge >= 0.3 is 0 Å². The van der Waals surface area contributed by atoms with Gasteiger partial charge in [-0.2, -0.15) is 5.26 Å². The number of nitrogens with zero attached hydrogens (tertiary/aromatic N) is 2. The molecule has 4 nitrogen and oxygen atoms in total. The molecule has 18 heavy (non-hydrogen) atoms. The predicted molar refractivity (Wildman–Crippen MR) is 70.4 cm³/mol. The Morgan fingerprint density at radius 2 is 2.39 bits per heavy atom. The van der Waals surface area contributed by atoms with Gasteiger partial charge in [-0.15, -0.1) is 0 Å². The molecule has 0 aromatic heterocycles. The summed E-state index contributed by atoms with van der Waals surface area (Å²) < 4.78 is 5.96. The van der Waals surface area contributed by atoms with Crippen LogP contribution in [0.15, 0.2) is 22.7 Å². The summed E-state index contributed by atoms with van der Waals surface area (Å²) in [6, 6.07) is 6.59. The van der Waals surface area contributed by atoms with Crippen molar-refractivity contribution in [1.29, 1.82) is 5.26 Å². The number of carbonyl (C=O) groups excluding carboxylic acids is 1. The van der Waals surface area contributed by atoms with Crippen LogP contribution in [0.2, 0.25) is 5.02 Å². The zero-order valence-corrected chi connectivity index (χ0v) is 11.7. The minimum absolute atomic E-state index is 0.240. The van der Waals surface area contributed by atoms with Crippen LogP contribution in [0.3, 0.4) is 0 Å². The second kappa shape index (κ2) is 5.70. The van der Waals surface area contributed by atoms with Gasteiger partial charge in [-0.3, -0.25) is 4.79 Å². The summed E-state index contributed by atoms with van der Waals surface area (Å²) in [7, 11) is 0. The Hall–Kier alpha value is -1.09. The zero-order chi connectivity index (χ0) is 13.1. The minimum Gasteiger partial charge on any atom is -0.376 e. The normalized spacial score (nSPS) is 19.4. The average molecular weight is 330 g/mol. The van der Waals surface area contributed by atoms with Gasteiger partial charge in [0.05, 0.1) is 29.9 Å². The Labute approximate surface area is 118 Å². The summed E-state index contributed by atoms with van der Waals surface area (Å²) in [5.41, 5.74) is 0.396. The fraction of sp³-hybridized carbons (Fsp3) is 0.333. The van der Waals surface area contributed by atoms with Gasteiger partial charge in [-0.05, 0) is 18.2 Å². The molecule has 1 aromatic rings. The van der Waals surface area contributed by atoms with E-state index in [-0.39, 0.29) is 12.5 Å². The SMILES string of the molecule is N#CC1COCCN1C(=O)c1cc(Br)ccc1Cl. The fourth-order valence-corrected chi connectivity index (χ4v) is 2.33. The zero-order valence-electron chi connectivity index (χ0n) is 9.40. The van der Waals surface area contributed by atoms with E-state index in [1.54, 1.807) is 18.2 Å². The Balaban J connectivity index is 2.30. The molecule has 0 N–H and O–H groups in total. The third kappa shape index (κ3) is 2.66. The summed E-state index contributed by atoms with van der Waals surface area (Å²) in [4.78, 5) is 13.9. The quantitative estimate of drug-likeness (QED) is 0.795. The van der Waals surface area contributed by atoms with Gasteiger partial charge in [0.25, 0.3) is 5.91 Å². The molecule has 0 bridgehead atoms. The maximum Gasteiger partial charge on any atom is 0.256 e. The molecular formula is C12H10BrClN2O2. The molecule has 2 rings (SSSR count). The van der Waals surface area contributed by atoms with E-state index in [0.29, 0.717) is 23.7 Å². The lowest BCUT2D eigenvalue weighted by Gasteiger charge is -2.31. The molecule has 0 radical (unpaired) electrons. The van der Waals surface area contributed by atoms with Crippen molar-refractivity contribution in [3.05, 3.63) is 33.3 Å². The van der Waals surface area contributed by atoms with Crippen molar-refractivity contribution >= 4 is 33.4 Å². The molecule has 0 spiro atoms. The van der Waals surface area contributed by atoms with Crippen LogP contribution in [-0.4, -0.2) is 36.6 Å². The van der Waals surface area contributed by atoms with Crippen molar-refractivity contribution in [2.45, 2.75) is 6.04 Å². The van der Waals surface area contributed by atoms with E-state index in [2.05, 4.69) is 22.0 Å². The van der Waals surface area contributed by atoms with Crippen LogP contribution in [0, 0.1) is 11.3 Å². The standard InChI is InChI=1S/C12H10BrClN2O2/c13-8-1-2-11(14)10(5-8)12(17)16-3-4-18-7-9(16)6-15/h1-2,5,9H,3-4,7H2. The lowest BCUT2D eigenvalue weighted by Crippen LogP contribution is -2.48. The highest BCUT2D eigenvalue weighted by Gasteiger charge is 2.29. The molecule has 0 saturated carbocycles. The number of carbonyl (C=O) groups is 1. The van der Waals surface area contributed by atoms with E-state index >= 15 is 0 Å². The Kier molecular flexibility index (Phi) is 4.23. The van der Waals surface area contributed by atoms with Gasteiger partial charge in [0.15, 0.2) is 0 Å². The van der Waals surface area contributed by atoms with Gasteiger partial charge in [0.2, 0.25) is 0 Å². The Bertz CT molecular complexity index is 515. The summed E-state index contributed by atoms with van der Waals surface area (Å²) in [6.45, 7) is 1.09. The molecule has 94 valence electrons. The van der Waals surface area contributed by atoms with Crippen LogP contribution in [-0.2, 0) is 4.74 Å². The van der Waals surface area contributed by atoms with Crippen molar-refractivity contribution < 1.29 is 9.53 Å². The second-order valence-corrected chi connectivity index (χ2v) is 5.17. The molecule has 1 atom stereocenters. The highest BCUT2D eigenvalue weighted by atomic mass is 79.9. The molecule has 1 aliphatic heterocycles. The topological polar surface area (TPSA) is 53.3 Å². The first-order chi connectivity index (χ1) is 8.63. The van der Waals surface area contributed by atoms with Gasteiger partial charge in [-0.1, -0.05) is 27.5 Å². The maximum atomic E-state index is 12.4. The monoisotopic (exact) mass is 328 g/mol. The highest BCUT2D eigenvalue weighted by Crippen LogP contribution is 2.23. The number of rotatable bonds is 1. The number of amides is 1. The summed E-state index contributed by atoms with van der Waals surface area (Å²) in [5, 5.41) is 9.40. The van der Waals surface area contributed by atoms with Crippen LogP contribution < -0.4 is 0 Å². The van der Waals surface area contributed by atoms with Crippen LogP contribution in [0.25, 0.3) is 0 Å². The summed E-state index contributed by atoms with van der Waals surface area (Å²) in [5.74, 6) is -0.240. The molecule has 1 aliphatic rings. The average Bonchev–Trinajstić information content (AvgIpc) is 2.40. The Morgan fingerprint density at radius 1 is 1.61 bits per heavy atom. The van der Waals surface area contributed by atoms with Crippen molar-refractivity contribution in [1.82, 2.24) is 4.90 Å². The minimum atomic E-state index is -0.554. The highest BCUT2D eigenvalue weighted by molar-refractivity contribution is 9.10. The smallest absolute Gasteiger partial charge is 0.256 e. The first-order valence-electron chi connectivity index (χ1n) is 5.37. The van der Waals surface area contributed by atoms with Crippen LogP contribution >= 0.6 is 27.5 Å². The van der Waals surface area contributed by atoms with Gasteiger partial charge in [0.1, 0.15) is 6.04 Å². The number of benzene rings is 1. The lowest BCUT2D eigenvalue weighted by atomic mass is 10.1. The molecule has 0 aliphatic carbocycles. The van der Waals surface area contributed by atoms with E-state index < -0.39 is 6.04 Å². The summed E-state index contributed by atoms with van der Waals surface area (Å²) in [6.07, 6.45) is 0. The van der Waals surface area contributed by atoms with E-state index in [1.807, 2.05) is 0 Å². The van der Waals surface area contributed by atoms with Crippen LogP contribution in [0.1, 0.15) is 10.4 Å². The molecule has 1 heterocycles. The van der Waals surface area contributed by atoms with Gasteiger partial charge in [0, 0.05) is 11.0 Å².